The predicted molar refractivity (Wildman–Crippen MR) is 102 cm³/mol. The highest BCUT2D eigenvalue weighted by Gasteiger charge is 2.20. The van der Waals surface area contributed by atoms with Crippen LogP contribution in [-0.4, -0.2) is 17.6 Å². The second-order valence-electron chi connectivity index (χ2n) is 5.49. The third-order valence-electron chi connectivity index (χ3n) is 3.84. The highest BCUT2D eigenvalue weighted by atomic mass is 16.5. The van der Waals surface area contributed by atoms with E-state index in [1.807, 2.05) is 54.6 Å². The fourth-order valence-electron chi connectivity index (χ4n) is 2.69. The van der Waals surface area contributed by atoms with E-state index < -0.39 is 5.97 Å². The van der Waals surface area contributed by atoms with Crippen LogP contribution in [0, 0.1) is 0 Å². The summed E-state index contributed by atoms with van der Waals surface area (Å²) in [6.07, 6.45) is 3.77. The molecule has 0 spiro atoms. The number of fused-ring (bicyclic) bond motifs is 1. The molecule has 3 aromatic rings. The number of aromatic nitrogens is 1. The highest BCUT2D eigenvalue weighted by molar-refractivity contribution is 6.08. The summed E-state index contributed by atoms with van der Waals surface area (Å²) >= 11 is 0. The lowest BCUT2D eigenvalue weighted by Crippen LogP contribution is -2.12. The van der Waals surface area contributed by atoms with E-state index in [4.69, 9.17) is 16.2 Å². The third-order valence-corrected chi connectivity index (χ3v) is 3.84. The zero-order valence-electron chi connectivity index (χ0n) is 13.9. The number of nitrogen functional groups attached to an aromatic ring is 2. The van der Waals surface area contributed by atoms with Gasteiger partial charge >= 0.3 is 5.97 Å². The van der Waals surface area contributed by atoms with E-state index in [1.165, 1.54) is 0 Å². The Bertz CT molecular complexity index is 950. The van der Waals surface area contributed by atoms with Crippen molar-refractivity contribution in [2.24, 2.45) is 0 Å². The summed E-state index contributed by atoms with van der Waals surface area (Å²) < 4.78 is 5.16. The number of nitrogens with two attached hydrogens (primary N) is 2. The summed E-state index contributed by atoms with van der Waals surface area (Å²) in [6.45, 7) is 2.01. The molecular formula is C20H19N3O2. The van der Waals surface area contributed by atoms with Gasteiger partial charge in [-0.15, -0.1) is 0 Å². The fourth-order valence-corrected chi connectivity index (χ4v) is 2.69. The van der Waals surface area contributed by atoms with Crippen LogP contribution in [0.2, 0.25) is 0 Å². The zero-order chi connectivity index (χ0) is 17.8. The second kappa shape index (κ2) is 7.05. The predicted octanol–water partition coefficient (Wildman–Crippen LogP) is 3.75. The molecule has 0 aliphatic heterocycles. The van der Waals surface area contributed by atoms with Crippen LogP contribution in [0.5, 0.6) is 0 Å². The minimum absolute atomic E-state index is 0.108. The number of carbonyl (C=O) groups excluding carboxylic acids is 1. The van der Waals surface area contributed by atoms with Gasteiger partial charge in [0.05, 0.1) is 17.8 Å². The Balaban J connectivity index is 2.24. The van der Waals surface area contributed by atoms with E-state index >= 15 is 0 Å². The molecule has 1 heterocycles. The minimum Gasteiger partial charge on any atom is -0.462 e. The normalized spacial score (nSPS) is 11.1. The number of pyridine rings is 1. The Hall–Kier alpha value is -3.34. The topological polar surface area (TPSA) is 91.2 Å². The van der Waals surface area contributed by atoms with E-state index in [2.05, 4.69) is 4.98 Å². The van der Waals surface area contributed by atoms with Gasteiger partial charge in [0.2, 0.25) is 0 Å². The SMILES string of the molecule is CCOC(=O)c1c(N)nc2c(N)cccc2c1C=Cc1ccccc1. The lowest BCUT2D eigenvalue weighted by molar-refractivity contribution is 0.0527. The number of nitrogens with zero attached hydrogens (tertiary/aromatic N) is 1. The van der Waals surface area contributed by atoms with Crippen LogP contribution >= 0.6 is 0 Å². The zero-order valence-corrected chi connectivity index (χ0v) is 13.9. The third kappa shape index (κ3) is 3.30. The van der Waals surface area contributed by atoms with Crippen molar-refractivity contribution in [3.63, 3.8) is 0 Å². The summed E-state index contributed by atoms with van der Waals surface area (Å²) in [5.41, 5.74) is 15.1. The van der Waals surface area contributed by atoms with Gasteiger partial charge in [-0.2, -0.15) is 0 Å². The van der Waals surface area contributed by atoms with E-state index in [1.54, 1.807) is 13.0 Å². The molecule has 5 nitrogen and oxygen atoms in total. The molecule has 2 aromatic carbocycles. The molecule has 0 aliphatic carbocycles. The summed E-state index contributed by atoms with van der Waals surface area (Å²) in [4.78, 5) is 16.7. The molecule has 0 saturated carbocycles. The number of ether oxygens (including phenoxy) is 1. The first-order valence-electron chi connectivity index (χ1n) is 7.99. The second-order valence-corrected chi connectivity index (χ2v) is 5.49. The Morgan fingerprint density at radius 3 is 2.56 bits per heavy atom. The first-order chi connectivity index (χ1) is 12.1. The van der Waals surface area contributed by atoms with Crippen LogP contribution in [-0.2, 0) is 4.74 Å². The van der Waals surface area contributed by atoms with E-state index in [9.17, 15) is 4.79 Å². The number of hydrogen-bond acceptors (Lipinski definition) is 5. The number of para-hydroxylation sites is 1. The summed E-state index contributed by atoms with van der Waals surface area (Å²) in [7, 11) is 0. The molecule has 0 atom stereocenters. The molecule has 5 heteroatoms. The van der Waals surface area contributed by atoms with Gasteiger partial charge < -0.3 is 16.2 Å². The van der Waals surface area contributed by atoms with Gasteiger partial charge in [-0.25, -0.2) is 9.78 Å². The first-order valence-corrected chi connectivity index (χ1v) is 7.99. The van der Waals surface area contributed by atoms with Crippen molar-refractivity contribution in [3.05, 3.63) is 65.2 Å². The molecule has 126 valence electrons. The average Bonchev–Trinajstić information content (AvgIpc) is 2.61. The van der Waals surface area contributed by atoms with E-state index in [-0.39, 0.29) is 18.0 Å². The number of carbonyl (C=O) groups is 1. The monoisotopic (exact) mass is 333 g/mol. The molecule has 0 bridgehead atoms. The molecule has 0 fully saturated rings. The van der Waals surface area contributed by atoms with Crippen molar-refractivity contribution in [2.45, 2.75) is 6.92 Å². The maximum atomic E-state index is 12.4. The smallest absolute Gasteiger partial charge is 0.342 e. The van der Waals surface area contributed by atoms with Gasteiger partial charge in [0, 0.05) is 10.9 Å². The standard InChI is InChI=1S/C20H19N3O2/c1-2-25-20(24)17-14(12-11-13-7-4-3-5-8-13)15-9-6-10-16(21)18(15)23-19(17)22/h3-12H,2,21H2,1H3,(H2,22,23). The fraction of sp³-hybridized carbons (Fsp3) is 0.100. The van der Waals surface area contributed by atoms with Gasteiger partial charge in [-0.3, -0.25) is 0 Å². The molecule has 0 aliphatic rings. The number of esters is 1. The molecule has 3 rings (SSSR count). The number of anilines is 2. The Labute approximate surface area is 145 Å². The first kappa shape index (κ1) is 16.5. The van der Waals surface area contributed by atoms with Gasteiger partial charge in [0.15, 0.2) is 0 Å². The molecule has 0 saturated heterocycles. The number of benzene rings is 2. The van der Waals surface area contributed by atoms with Crippen LogP contribution < -0.4 is 11.5 Å². The molecular weight excluding hydrogens is 314 g/mol. The molecule has 25 heavy (non-hydrogen) atoms. The minimum atomic E-state index is -0.496. The maximum absolute atomic E-state index is 12.4. The van der Waals surface area contributed by atoms with E-state index in [0.717, 1.165) is 10.9 Å². The average molecular weight is 333 g/mol. The number of hydrogen-bond donors (Lipinski definition) is 2. The molecule has 1 aromatic heterocycles. The van der Waals surface area contributed by atoms with Gasteiger partial charge in [-0.05, 0) is 18.6 Å². The number of rotatable bonds is 4. The quantitative estimate of drug-likeness (QED) is 0.560. The summed E-state index contributed by atoms with van der Waals surface area (Å²) in [5, 5.41) is 0.754. The summed E-state index contributed by atoms with van der Waals surface area (Å²) in [6, 6.07) is 15.2. The molecule has 4 N–H and O–H groups in total. The van der Waals surface area contributed by atoms with Gasteiger partial charge in [0.1, 0.15) is 11.4 Å². The highest BCUT2D eigenvalue weighted by Crippen LogP contribution is 2.30. The molecule has 0 radical (unpaired) electrons. The maximum Gasteiger partial charge on any atom is 0.342 e. The Kier molecular flexibility index (Phi) is 4.66. The van der Waals surface area contributed by atoms with Crippen molar-refractivity contribution >= 4 is 40.5 Å². The van der Waals surface area contributed by atoms with Crippen molar-refractivity contribution in [1.82, 2.24) is 4.98 Å². The van der Waals surface area contributed by atoms with Crippen LogP contribution in [0.3, 0.4) is 0 Å². The van der Waals surface area contributed by atoms with Crippen molar-refractivity contribution in [2.75, 3.05) is 18.1 Å². The Morgan fingerprint density at radius 1 is 1.08 bits per heavy atom. The lowest BCUT2D eigenvalue weighted by atomic mass is 10.00. The molecule has 0 unspecified atom stereocenters. The summed E-state index contributed by atoms with van der Waals surface area (Å²) in [5.74, 6) is -0.388. The van der Waals surface area contributed by atoms with Crippen molar-refractivity contribution in [3.8, 4) is 0 Å². The van der Waals surface area contributed by atoms with Crippen molar-refractivity contribution < 1.29 is 9.53 Å². The van der Waals surface area contributed by atoms with Crippen LogP contribution in [0.15, 0.2) is 48.5 Å². The van der Waals surface area contributed by atoms with Gasteiger partial charge in [0.25, 0.3) is 0 Å². The molecule has 0 amide bonds. The largest absolute Gasteiger partial charge is 0.462 e. The lowest BCUT2D eigenvalue weighted by Gasteiger charge is -2.13. The van der Waals surface area contributed by atoms with Gasteiger partial charge in [-0.1, -0.05) is 54.6 Å². The van der Waals surface area contributed by atoms with Crippen LogP contribution in [0.1, 0.15) is 28.4 Å². The Morgan fingerprint density at radius 2 is 1.84 bits per heavy atom. The van der Waals surface area contributed by atoms with Crippen LogP contribution in [0.25, 0.3) is 23.1 Å². The van der Waals surface area contributed by atoms with Crippen molar-refractivity contribution in [1.29, 1.82) is 0 Å². The van der Waals surface area contributed by atoms with Crippen LogP contribution in [0.4, 0.5) is 11.5 Å². The van der Waals surface area contributed by atoms with E-state index in [0.29, 0.717) is 16.8 Å².